The Morgan fingerprint density at radius 3 is 2.43 bits per heavy atom. The van der Waals surface area contributed by atoms with Crippen molar-refractivity contribution >= 4 is 28.6 Å². The van der Waals surface area contributed by atoms with Crippen molar-refractivity contribution in [3.05, 3.63) is 15.2 Å². The number of hydrogen-bond acceptors (Lipinski definition) is 5. The van der Waals surface area contributed by atoms with Crippen LogP contribution in [0.4, 0.5) is 0 Å². The molecule has 0 aromatic heterocycles. The van der Waals surface area contributed by atoms with Gasteiger partial charge in [-0.05, 0) is 28.7 Å². The molecule has 0 unspecified atom stereocenters. The van der Waals surface area contributed by atoms with Crippen LogP contribution in [0.15, 0.2) is 6.07 Å². The molecule has 6 heteroatoms. The maximum atomic E-state index is 11.1. The summed E-state index contributed by atoms with van der Waals surface area (Å²) in [4.78, 5) is 11.1. The van der Waals surface area contributed by atoms with Gasteiger partial charge in [0.1, 0.15) is 0 Å². The number of carbonyl (C=O) groups excluding carboxylic acids is 1. The second-order valence-corrected chi connectivity index (χ2v) is 3.52. The fraction of sp³-hybridized carbons (Fsp3) is 0.125. The van der Waals surface area contributed by atoms with Gasteiger partial charge in [0.25, 0.3) is 0 Å². The van der Waals surface area contributed by atoms with E-state index < -0.39 is 23.2 Å². The first-order chi connectivity index (χ1) is 6.49. The van der Waals surface area contributed by atoms with E-state index in [1.165, 1.54) is 7.11 Å². The van der Waals surface area contributed by atoms with Crippen LogP contribution in [0.25, 0.3) is 0 Å². The minimum atomic E-state index is -0.694. The molecule has 3 N–H and O–H groups in total. The zero-order valence-corrected chi connectivity index (χ0v) is 9.27. The SMILES string of the molecule is COC(=O)c1cc(O)c(O)c(O)c1I. The molecule has 0 spiro atoms. The van der Waals surface area contributed by atoms with Crippen molar-refractivity contribution < 1.29 is 24.9 Å². The molecule has 0 radical (unpaired) electrons. The van der Waals surface area contributed by atoms with Crippen molar-refractivity contribution in [2.75, 3.05) is 7.11 Å². The Morgan fingerprint density at radius 2 is 1.93 bits per heavy atom. The van der Waals surface area contributed by atoms with Crippen molar-refractivity contribution in [3.8, 4) is 17.2 Å². The van der Waals surface area contributed by atoms with Crippen LogP contribution in [0.5, 0.6) is 17.2 Å². The number of phenolic OH excluding ortho intramolecular Hbond substituents is 3. The number of benzene rings is 1. The number of esters is 1. The van der Waals surface area contributed by atoms with E-state index in [2.05, 4.69) is 4.74 Å². The lowest BCUT2D eigenvalue weighted by Crippen LogP contribution is -2.03. The van der Waals surface area contributed by atoms with Gasteiger partial charge < -0.3 is 20.1 Å². The van der Waals surface area contributed by atoms with E-state index in [0.717, 1.165) is 6.07 Å². The van der Waals surface area contributed by atoms with Crippen LogP contribution >= 0.6 is 22.6 Å². The van der Waals surface area contributed by atoms with Gasteiger partial charge in [-0.15, -0.1) is 0 Å². The molecule has 1 aromatic rings. The van der Waals surface area contributed by atoms with Gasteiger partial charge in [-0.25, -0.2) is 4.79 Å². The van der Waals surface area contributed by atoms with E-state index in [-0.39, 0.29) is 9.13 Å². The van der Waals surface area contributed by atoms with Gasteiger partial charge in [0, 0.05) is 0 Å². The zero-order chi connectivity index (χ0) is 10.9. The van der Waals surface area contributed by atoms with Gasteiger partial charge in [0.2, 0.25) is 5.75 Å². The topological polar surface area (TPSA) is 87.0 Å². The molecule has 76 valence electrons. The predicted molar refractivity (Wildman–Crippen MR) is 55.5 cm³/mol. The normalized spacial score (nSPS) is 9.86. The van der Waals surface area contributed by atoms with E-state index in [4.69, 9.17) is 10.2 Å². The molecule has 0 bridgehead atoms. The summed E-state index contributed by atoms with van der Waals surface area (Å²) in [5.74, 6) is -2.45. The molecule has 0 saturated heterocycles. The highest BCUT2D eigenvalue weighted by Gasteiger charge is 2.19. The first-order valence-corrected chi connectivity index (χ1v) is 4.58. The van der Waals surface area contributed by atoms with Gasteiger partial charge in [-0.2, -0.15) is 0 Å². The number of carbonyl (C=O) groups is 1. The van der Waals surface area contributed by atoms with Crippen LogP contribution in [-0.4, -0.2) is 28.4 Å². The van der Waals surface area contributed by atoms with Gasteiger partial charge in [0.15, 0.2) is 11.5 Å². The third kappa shape index (κ3) is 1.69. The second kappa shape index (κ2) is 3.91. The lowest BCUT2D eigenvalue weighted by Gasteiger charge is -2.07. The highest BCUT2D eigenvalue weighted by atomic mass is 127. The van der Waals surface area contributed by atoms with Crippen molar-refractivity contribution in [1.29, 1.82) is 0 Å². The molecule has 1 aromatic carbocycles. The number of ether oxygens (including phenoxy) is 1. The number of aromatic hydroxyl groups is 3. The monoisotopic (exact) mass is 310 g/mol. The highest BCUT2D eigenvalue weighted by Crippen LogP contribution is 2.40. The Bertz CT molecular complexity index is 388. The standard InChI is InChI=1S/C8H7IO5/c1-14-8(13)3-2-4(10)6(11)7(12)5(3)9/h2,10-12H,1H3. The number of hydrogen-bond donors (Lipinski definition) is 3. The summed E-state index contributed by atoms with van der Waals surface area (Å²) in [6.45, 7) is 0. The number of phenols is 3. The lowest BCUT2D eigenvalue weighted by atomic mass is 10.2. The molecular formula is C8H7IO5. The summed E-state index contributed by atoms with van der Waals surface area (Å²) in [6, 6.07) is 1.03. The van der Waals surface area contributed by atoms with E-state index in [1.54, 1.807) is 22.6 Å². The summed E-state index contributed by atoms with van der Waals surface area (Å²) in [5.41, 5.74) is 0.000833. The average molecular weight is 310 g/mol. The Hall–Kier alpha value is -1.18. The van der Waals surface area contributed by atoms with Gasteiger partial charge in [-0.1, -0.05) is 0 Å². The van der Waals surface area contributed by atoms with Crippen LogP contribution < -0.4 is 0 Å². The van der Waals surface area contributed by atoms with Crippen molar-refractivity contribution in [1.82, 2.24) is 0 Å². The average Bonchev–Trinajstić information content (AvgIpc) is 2.19. The number of rotatable bonds is 1. The third-order valence-corrected chi connectivity index (χ3v) is 2.69. The molecule has 0 amide bonds. The first-order valence-electron chi connectivity index (χ1n) is 3.50. The van der Waals surface area contributed by atoms with Crippen molar-refractivity contribution in [2.45, 2.75) is 0 Å². The Labute approximate surface area is 93.1 Å². The summed E-state index contributed by atoms with van der Waals surface area (Å²) >= 11 is 1.66. The van der Waals surface area contributed by atoms with E-state index in [1.807, 2.05) is 0 Å². The van der Waals surface area contributed by atoms with Crippen molar-refractivity contribution in [2.24, 2.45) is 0 Å². The molecule has 0 aliphatic rings. The lowest BCUT2D eigenvalue weighted by molar-refractivity contribution is 0.0598. The minimum absolute atomic E-state index is 0.000833. The summed E-state index contributed by atoms with van der Waals surface area (Å²) < 4.78 is 4.55. The first kappa shape index (κ1) is 10.9. The molecule has 0 fully saturated rings. The maximum absolute atomic E-state index is 11.1. The molecular weight excluding hydrogens is 303 g/mol. The van der Waals surface area contributed by atoms with E-state index in [9.17, 15) is 9.90 Å². The molecule has 0 atom stereocenters. The molecule has 1 rings (SSSR count). The Balaban J connectivity index is 3.40. The number of halogens is 1. The van der Waals surface area contributed by atoms with Crippen LogP contribution in [0, 0.1) is 3.57 Å². The molecule has 0 aliphatic carbocycles. The number of methoxy groups -OCH3 is 1. The second-order valence-electron chi connectivity index (χ2n) is 2.45. The Kier molecular flexibility index (Phi) is 3.04. The smallest absolute Gasteiger partial charge is 0.339 e. The third-order valence-electron chi connectivity index (χ3n) is 1.60. The van der Waals surface area contributed by atoms with Crippen LogP contribution in [0.1, 0.15) is 10.4 Å². The molecule has 0 aliphatic heterocycles. The van der Waals surface area contributed by atoms with Gasteiger partial charge in [-0.3, -0.25) is 0 Å². The molecule has 5 nitrogen and oxygen atoms in total. The van der Waals surface area contributed by atoms with Crippen LogP contribution in [0.2, 0.25) is 0 Å². The molecule has 0 saturated carbocycles. The van der Waals surface area contributed by atoms with Gasteiger partial charge in [0.05, 0.1) is 16.2 Å². The maximum Gasteiger partial charge on any atom is 0.339 e. The zero-order valence-electron chi connectivity index (χ0n) is 7.11. The molecule has 14 heavy (non-hydrogen) atoms. The largest absolute Gasteiger partial charge is 0.504 e. The minimum Gasteiger partial charge on any atom is -0.504 e. The highest BCUT2D eigenvalue weighted by molar-refractivity contribution is 14.1. The fourth-order valence-corrected chi connectivity index (χ4v) is 1.51. The van der Waals surface area contributed by atoms with Crippen LogP contribution in [-0.2, 0) is 4.74 Å². The van der Waals surface area contributed by atoms with Crippen LogP contribution in [0.3, 0.4) is 0 Å². The summed E-state index contributed by atoms with van der Waals surface area (Å²) in [5, 5.41) is 27.5. The summed E-state index contributed by atoms with van der Waals surface area (Å²) in [6.07, 6.45) is 0. The fourth-order valence-electron chi connectivity index (χ4n) is 0.880. The predicted octanol–water partition coefficient (Wildman–Crippen LogP) is 1.19. The Morgan fingerprint density at radius 1 is 1.36 bits per heavy atom. The quantitative estimate of drug-likeness (QED) is 0.412. The van der Waals surface area contributed by atoms with Gasteiger partial charge >= 0.3 is 5.97 Å². The summed E-state index contributed by atoms with van der Waals surface area (Å²) in [7, 11) is 1.18. The van der Waals surface area contributed by atoms with E-state index in [0.29, 0.717) is 0 Å². The van der Waals surface area contributed by atoms with Crippen molar-refractivity contribution in [3.63, 3.8) is 0 Å². The van der Waals surface area contributed by atoms with E-state index >= 15 is 0 Å². The molecule has 0 heterocycles.